The minimum atomic E-state index is -0.379. The minimum absolute atomic E-state index is 0.299. The second kappa shape index (κ2) is 10.6. The quantitative estimate of drug-likeness (QED) is 0.380. The third-order valence-electron chi connectivity index (χ3n) is 3.05. The Balaban J connectivity index is 2.38. The number of aryl methyl sites for hydroxylation is 1. The van der Waals surface area contributed by atoms with E-state index in [9.17, 15) is 9.18 Å². The number of methoxy groups -OCH3 is 1. The van der Waals surface area contributed by atoms with Crippen molar-refractivity contribution in [3.05, 3.63) is 35.1 Å². The Kier molecular flexibility index (Phi) is 8.67. The number of amides is 1. The minimum Gasteiger partial charge on any atom is -0.383 e. The highest BCUT2D eigenvalue weighted by atomic mass is 19.1. The molecule has 0 radical (unpaired) electrons. The summed E-state index contributed by atoms with van der Waals surface area (Å²) in [6.45, 7) is 6.40. The lowest BCUT2D eigenvalue weighted by Gasteiger charge is -2.12. The Morgan fingerprint density at radius 1 is 1.26 bits per heavy atom. The van der Waals surface area contributed by atoms with Crippen LogP contribution in [0.1, 0.15) is 22.8 Å². The molecule has 1 aromatic carbocycles. The van der Waals surface area contributed by atoms with Gasteiger partial charge in [-0.15, -0.1) is 0 Å². The average molecular weight is 324 g/mol. The number of hydrogen-bond acceptors (Lipinski definition) is 3. The van der Waals surface area contributed by atoms with E-state index in [-0.39, 0.29) is 11.7 Å². The summed E-state index contributed by atoms with van der Waals surface area (Å²) in [6, 6.07) is 4.44. The van der Waals surface area contributed by atoms with Crippen LogP contribution in [0.2, 0.25) is 0 Å². The molecular formula is C16H25FN4O2. The van der Waals surface area contributed by atoms with Gasteiger partial charge >= 0.3 is 0 Å². The zero-order valence-electron chi connectivity index (χ0n) is 13.9. The summed E-state index contributed by atoms with van der Waals surface area (Å²) in [6.07, 6.45) is 0. The molecule has 0 unspecified atom stereocenters. The molecule has 1 rings (SSSR count). The smallest absolute Gasteiger partial charge is 0.251 e. The van der Waals surface area contributed by atoms with Gasteiger partial charge < -0.3 is 20.7 Å². The van der Waals surface area contributed by atoms with Gasteiger partial charge in [0.15, 0.2) is 5.96 Å². The number of ether oxygens (including phenoxy) is 1. The van der Waals surface area contributed by atoms with Crippen LogP contribution in [-0.4, -0.2) is 51.8 Å². The number of nitrogens with one attached hydrogen (secondary N) is 3. The van der Waals surface area contributed by atoms with E-state index in [0.29, 0.717) is 43.3 Å². The highest BCUT2D eigenvalue weighted by Gasteiger charge is 2.07. The Bertz CT molecular complexity index is 535. The Morgan fingerprint density at radius 2 is 2.00 bits per heavy atom. The molecule has 23 heavy (non-hydrogen) atoms. The maximum atomic E-state index is 13.4. The van der Waals surface area contributed by atoms with E-state index < -0.39 is 0 Å². The molecule has 0 heterocycles. The fraction of sp³-hybridized carbons (Fsp3) is 0.500. The molecule has 0 spiro atoms. The number of benzene rings is 1. The van der Waals surface area contributed by atoms with Crippen molar-refractivity contribution in [3.63, 3.8) is 0 Å². The lowest BCUT2D eigenvalue weighted by atomic mass is 10.1. The summed E-state index contributed by atoms with van der Waals surface area (Å²) in [5.41, 5.74) is 0.833. The highest BCUT2D eigenvalue weighted by Crippen LogP contribution is 2.08. The third-order valence-corrected chi connectivity index (χ3v) is 3.05. The van der Waals surface area contributed by atoms with Gasteiger partial charge in [0, 0.05) is 32.3 Å². The van der Waals surface area contributed by atoms with E-state index in [0.717, 1.165) is 6.54 Å². The molecule has 7 heteroatoms. The normalized spacial score (nSPS) is 11.2. The van der Waals surface area contributed by atoms with Gasteiger partial charge in [-0.1, -0.05) is 6.07 Å². The van der Waals surface area contributed by atoms with Gasteiger partial charge in [-0.2, -0.15) is 0 Å². The molecule has 0 saturated carbocycles. The van der Waals surface area contributed by atoms with Crippen LogP contribution in [0.5, 0.6) is 0 Å². The summed E-state index contributed by atoms with van der Waals surface area (Å²) in [4.78, 5) is 16.2. The fourth-order valence-corrected chi connectivity index (χ4v) is 1.78. The van der Waals surface area contributed by atoms with Crippen molar-refractivity contribution in [2.45, 2.75) is 13.8 Å². The lowest BCUT2D eigenvalue weighted by Crippen LogP contribution is -2.41. The molecule has 0 aliphatic carbocycles. The van der Waals surface area contributed by atoms with Gasteiger partial charge in [0.2, 0.25) is 0 Å². The summed E-state index contributed by atoms with van der Waals surface area (Å²) in [5, 5.41) is 8.93. The molecule has 0 fully saturated rings. The molecule has 3 N–H and O–H groups in total. The van der Waals surface area contributed by atoms with E-state index in [1.54, 1.807) is 26.2 Å². The van der Waals surface area contributed by atoms with Crippen LogP contribution in [0.15, 0.2) is 23.2 Å². The van der Waals surface area contributed by atoms with Crippen LogP contribution in [0.3, 0.4) is 0 Å². The molecule has 0 atom stereocenters. The molecule has 128 valence electrons. The maximum Gasteiger partial charge on any atom is 0.251 e. The van der Waals surface area contributed by atoms with Crippen molar-refractivity contribution in [2.24, 2.45) is 4.99 Å². The molecule has 6 nitrogen and oxygen atoms in total. The number of nitrogens with zero attached hydrogens (tertiary/aromatic N) is 1. The fourth-order valence-electron chi connectivity index (χ4n) is 1.78. The molecular weight excluding hydrogens is 299 g/mol. The topological polar surface area (TPSA) is 74.8 Å². The largest absolute Gasteiger partial charge is 0.383 e. The van der Waals surface area contributed by atoms with Crippen molar-refractivity contribution in [1.29, 1.82) is 0 Å². The lowest BCUT2D eigenvalue weighted by molar-refractivity contribution is 0.0954. The zero-order valence-corrected chi connectivity index (χ0v) is 13.9. The van der Waals surface area contributed by atoms with E-state index in [2.05, 4.69) is 20.9 Å². The van der Waals surface area contributed by atoms with Crippen LogP contribution < -0.4 is 16.0 Å². The molecule has 1 aromatic rings. The second-order valence-electron chi connectivity index (χ2n) is 4.90. The summed E-state index contributed by atoms with van der Waals surface area (Å²) in [5.74, 6) is -0.0114. The van der Waals surface area contributed by atoms with E-state index in [1.807, 2.05) is 6.92 Å². The van der Waals surface area contributed by atoms with Crippen LogP contribution in [-0.2, 0) is 4.74 Å². The number of rotatable bonds is 8. The third kappa shape index (κ3) is 7.10. The molecule has 0 aliphatic rings. The van der Waals surface area contributed by atoms with Crippen molar-refractivity contribution in [3.8, 4) is 0 Å². The monoisotopic (exact) mass is 324 g/mol. The zero-order chi connectivity index (χ0) is 17.1. The van der Waals surface area contributed by atoms with Gasteiger partial charge in [0.25, 0.3) is 5.91 Å². The standard InChI is InChI=1S/C16H25FN4O2/c1-4-18-16(21-9-10-23-3)20-8-7-19-15(22)13-6-5-12(2)14(17)11-13/h5-6,11H,4,7-10H2,1-3H3,(H,19,22)(H2,18,20,21). The Hall–Kier alpha value is -2.15. The molecule has 1 amide bonds. The average Bonchev–Trinajstić information content (AvgIpc) is 2.54. The van der Waals surface area contributed by atoms with Crippen LogP contribution in [0, 0.1) is 12.7 Å². The van der Waals surface area contributed by atoms with Crippen molar-refractivity contribution in [2.75, 3.05) is 39.9 Å². The Morgan fingerprint density at radius 3 is 2.65 bits per heavy atom. The number of hydrogen-bond donors (Lipinski definition) is 3. The summed E-state index contributed by atoms with van der Waals surface area (Å²) < 4.78 is 18.4. The first-order valence-corrected chi connectivity index (χ1v) is 7.64. The first-order valence-electron chi connectivity index (χ1n) is 7.64. The van der Waals surface area contributed by atoms with Crippen LogP contribution in [0.4, 0.5) is 4.39 Å². The highest BCUT2D eigenvalue weighted by molar-refractivity contribution is 5.94. The van der Waals surface area contributed by atoms with E-state index in [1.165, 1.54) is 6.07 Å². The SMILES string of the molecule is CCNC(=NCCOC)NCCNC(=O)c1ccc(C)c(F)c1. The van der Waals surface area contributed by atoms with Crippen molar-refractivity contribution < 1.29 is 13.9 Å². The van der Waals surface area contributed by atoms with Crippen molar-refractivity contribution >= 4 is 11.9 Å². The van der Waals surface area contributed by atoms with Gasteiger partial charge in [0.05, 0.1) is 13.2 Å². The Labute approximate surface area is 136 Å². The van der Waals surface area contributed by atoms with Gasteiger partial charge in [-0.05, 0) is 31.5 Å². The molecule has 0 saturated heterocycles. The van der Waals surface area contributed by atoms with Crippen LogP contribution >= 0.6 is 0 Å². The summed E-state index contributed by atoms with van der Waals surface area (Å²) >= 11 is 0. The number of guanidine groups is 1. The number of carbonyl (C=O) groups is 1. The first kappa shape index (κ1) is 18.9. The molecule has 0 aromatic heterocycles. The van der Waals surface area contributed by atoms with Gasteiger partial charge in [0.1, 0.15) is 5.82 Å². The predicted octanol–water partition coefficient (Wildman–Crippen LogP) is 1.07. The van der Waals surface area contributed by atoms with E-state index in [4.69, 9.17) is 4.74 Å². The van der Waals surface area contributed by atoms with Gasteiger partial charge in [-0.25, -0.2) is 4.39 Å². The maximum absolute atomic E-state index is 13.4. The molecule has 0 aliphatic heterocycles. The van der Waals surface area contributed by atoms with Crippen molar-refractivity contribution in [1.82, 2.24) is 16.0 Å². The number of halogens is 1. The van der Waals surface area contributed by atoms with Gasteiger partial charge in [-0.3, -0.25) is 9.79 Å². The summed E-state index contributed by atoms with van der Waals surface area (Å²) in [7, 11) is 1.62. The first-order chi connectivity index (χ1) is 11.1. The van der Waals surface area contributed by atoms with E-state index >= 15 is 0 Å². The predicted molar refractivity (Wildman–Crippen MR) is 89.3 cm³/mol. The number of aliphatic imine (C=N–C) groups is 1. The molecule has 0 bridgehead atoms. The number of carbonyl (C=O) groups excluding carboxylic acids is 1. The van der Waals surface area contributed by atoms with Crippen LogP contribution in [0.25, 0.3) is 0 Å². The second-order valence-corrected chi connectivity index (χ2v) is 4.90.